The first-order valence-electron chi connectivity index (χ1n) is 5.79. The number of halogens is 2. The molecule has 0 aliphatic carbocycles. The lowest BCUT2D eigenvalue weighted by Crippen LogP contribution is -2.38. The van der Waals surface area contributed by atoms with Crippen LogP contribution in [-0.2, 0) is 14.3 Å². The number of carbonyl (C=O) groups excluding carboxylic acids is 2. The summed E-state index contributed by atoms with van der Waals surface area (Å²) in [6, 6.07) is 3.87. The molecule has 0 atom stereocenters. The Bertz CT molecular complexity index is 495. The van der Waals surface area contributed by atoms with E-state index in [2.05, 4.69) is 4.74 Å². The van der Waals surface area contributed by atoms with Crippen LogP contribution in [0.2, 0.25) is 0 Å². The lowest BCUT2D eigenvalue weighted by atomic mass is 10.2. The molecule has 0 aliphatic heterocycles. The third-order valence-corrected chi connectivity index (χ3v) is 3.45. The standard InChI is InChI=1S/C13H15FINO4/c1-19-6-5-16(8-12(17)20-2)13(18)10-4-3-9(14)7-11(10)15/h3-4,7H,5-6,8H2,1-2H3. The Morgan fingerprint density at radius 2 is 2.05 bits per heavy atom. The second kappa shape index (κ2) is 8.15. The number of esters is 1. The third kappa shape index (κ3) is 4.71. The number of ether oxygens (including phenoxy) is 2. The van der Waals surface area contributed by atoms with Crippen LogP contribution in [0.15, 0.2) is 18.2 Å². The summed E-state index contributed by atoms with van der Waals surface area (Å²) in [5.74, 6) is -1.30. The van der Waals surface area contributed by atoms with Gasteiger partial charge in [0.2, 0.25) is 0 Å². The quantitative estimate of drug-likeness (QED) is 0.544. The van der Waals surface area contributed by atoms with Crippen LogP contribution >= 0.6 is 22.6 Å². The predicted octanol–water partition coefficient (Wildman–Crippen LogP) is 1.69. The maximum atomic E-state index is 13.1. The third-order valence-electron chi connectivity index (χ3n) is 2.56. The number of amides is 1. The van der Waals surface area contributed by atoms with E-state index in [-0.39, 0.29) is 19.0 Å². The summed E-state index contributed by atoms with van der Waals surface area (Å²) in [6.07, 6.45) is 0. The molecule has 1 amide bonds. The van der Waals surface area contributed by atoms with Crippen LogP contribution < -0.4 is 0 Å². The molecule has 5 nitrogen and oxygen atoms in total. The van der Waals surface area contributed by atoms with E-state index in [4.69, 9.17) is 4.74 Å². The van der Waals surface area contributed by atoms with E-state index in [1.807, 2.05) is 22.6 Å². The van der Waals surface area contributed by atoms with E-state index in [0.717, 1.165) is 0 Å². The zero-order valence-corrected chi connectivity index (χ0v) is 13.3. The summed E-state index contributed by atoms with van der Waals surface area (Å²) >= 11 is 1.88. The minimum absolute atomic E-state index is 0.174. The highest BCUT2D eigenvalue weighted by Gasteiger charge is 2.21. The Kier molecular flexibility index (Phi) is 6.86. The van der Waals surface area contributed by atoms with Crippen molar-refractivity contribution in [1.82, 2.24) is 4.90 Å². The molecule has 0 heterocycles. The van der Waals surface area contributed by atoms with Gasteiger partial charge in [-0.2, -0.15) is 0 Å². The average Bonchev–Trinajstić information content (AvgIpc) is 2.42. The van der Waals surface area contributed by atoms with Gasteiger partial charge >= 0.3 is 5.97 Å². The zero-order chi connectivity index (χ0) is 15.1. The Labute approximate surface area is 130 Å². The van der Waals surface area contributed by atoms with Gasteiger partial charge in [0.05, 0.1) is 19.3 Å². The smallest absolute Gasteiger partial charge is 0.325 e. The van der Waals surface area contributed by atoms with Crippen LogP contribution in [-0.4, -0.2) is 50.7 Å². The molecule has 0 unspecified atom stereocenters. The molecule has 0 spiro atoms. The van der Waals surface area contributed by atoms with E-state index in [0.29, 0.717) is 15.7 Å². The average molecular weight is 395 g/mol. The van der Waals surface area contributed by atoms with Gasteiger partial charge < -0.3 is 14.4 Å². The van der Waals surface area contributed by atoms with Gasteiger partial charge in [-0.15, -0.1) is 0 Å². The van der Waals surface area contributed by atoms with Crippen molar-refractivity contribution in [1.29, 1.82) is 0 Å². The van der Waals surface area contributed by atoms with Crippen molar-refractivity contribution >= 4 is 34.5 Å². The zero-order valence-electron chi connectivity index (χ0n) is 11.2. The monoisotopic (exact) mass is 395 g/mol. The van der Waals surface area contributed by atoms with Crippen molar-refractivity contribution in [3.8, 4) is 0 Å². The van der Waals surface area contributed by atoms with Crippen LogP contribution in [0.4, 0.5) is 4.39 Å². The van der Waals surface area contributed by atoms with E-state index < -0.39 is 11.8 Å². The first-order valence-corrected chi connectivity index (χ1v) is 6.87. The normalized spacial score (nSPS) is 10.2. The largest absolute Gasteiger partial charge is 0.468 e. The van der Waals surface area contributed by atoms with Crippen molar-refractivity contribution in [3.63, 3.8) is 0 Å². The summed E-state index contributed by atoms with van der Waals surface area (Å²) < 4.78 is 23.0. The lowest BCUT2D eigenvalue weighted by Gasteiger charge is -2.21. The first kappa shape index (κ1) is 16.8. The second-order valence-corrected chi connectivity index (χ2v) is 5.08. The summed E-state index contributed by atoms with van der Waals surface area (Å²) in [5, 5.41) is 0. The van der Waals surface area contributed by atoms with E-state index in [1.165, 1.54) is 37.3 Å². The lowest BCUT2D eigenvalue weighted by molar-refractivity contribution is -0.141. The summed E-state index contributed by atoms with van der Waals surface area (Å²) in [5.41, 5.74) is 0.340. The maximum absolute atomic E-state index is 13.1. The number of carbonyl (C=O) groups is 2. The maximum Gasteiger partial charge on any atom is 0.325 e. The van der Waals surface area contributed by atoms with E-state index in [1.54, 1.807) is 0 Å². The molecule has 0 radical (unpaired) electrons. The highest BCUT2D eigenvalue weighted by atomic mass is 127. The van der Waals surface area contributed by atoms with Crippen molar-refractivity contribution in [3.05, 3.63) is 33.1 Å². The molecule has 7 heteroatoms. The molecule has 0 aromatic heterocycles. The van der Waals surface area contributed by atoms with E-state index in [9.17, 15) is 14.0 Å². The minimum Gasteiger partial charge on any atom is -0.468 e. The van der Waals surface area contributed by atoms with Gasteiger partial charge in [0, 0.05) is 17.2 Å². The van der Waals surface area contributed by atoms with Crippen LogP contribution in [0.3, 0.4) is 0 Å². The van der Waals surface area contributed by atoms with Crippen LogP contribution in [0.1, 0.15) is 10.4 Å². The van der Waals surface area contributed by atoms with Gasteiger partial charge in [0.15, 0.2) is 0 Å². The second-order valence-electron chi connectivity index (χ2n) is 3.92. The Morgan fingerprint density at radius 1 is 1.35 bits per heavy atom. The first-order chi connectivity index (χ1) is 9.49. The van der Waals surface area contributed by atoms with Gasteiger partial charge in [-0.25, -0.2) is 4.39 Å². The van der Waals surface area contributed by atoms with Crippen molar-refractivity contribution in [2.75, 3.05) is 33.9 Å². The van der Waals surface area contributed by atoms with Gasteiger partial charge in [-0.3, -0.25) is 9.59 Å². The summed E-state index contributed by atoms with van der Waals surface area (Å²) in [4.78, 5) is 25.0. The summed E-state index contributed by atoms with van der Waals surface area (Å²) in [7, 11) is 2.76. The number of methoxy groups -OCH3 is 2. The van der Waals surface area contributed by atoms with Crippen molar-refractivity contribution < 1.29 is 23.5 Å². The van der Waals surface area contributed by atoms with Crippen molar-refractivity contribution in [2.45, 2.75) is 0 Å². The molecule has 0 saturated heterocycles. The molecule has 0 fully saturated rings. The van der Waals surface area contributed by atoms with Crippen molar-refractivity contribution in [2.24, 2.45) is 0 Å². The molecule has 0 saturated carbocycles. The molecule has 0 N–H and O–H groups in total. The van der Waals surface area contributed by atoms with Crippen LogP contribution in [0.25, 0.3) is 0 Å². The van der Waals surface area contributed by atoms with Crippen LogP contribution in [0, 0.1) is 9.39 Å². The van der Waals surface area contributed by atoms with Gasteiger partial charge in [-0.05, 0) is 40.8 Å². The fraction of sp³-hybridized carbons (Fsp3) is 0.385. The van der Waals surface area contributed by atoms with E-state index >= 15 is 0 Å². The van der Waals surface area contributed by atoms with Gasteiger partial charge in [0.25, 0.3) is 5.91 Å². The topological polar surface area (TPSA) is 55.8 Å². The highest BCUT2D eigenvalue weighted by Crippen LogP contribution is 2.16. The number of nitrogens with zero attached hydrogens (tertiary/aromatic N) is 1. The molecular formula is C13H15FINO4. The fourth-order valence-electron chi connectivity index (χ4n) is 1.51. The SMILES string of the molecule is COCCN(CC(=O)OC)C(=O)c1ccc(F)cc1I. The summed E-state index contributed by atoms with van der Waals surface area (Å²) in [6.45, 7) is 0.366. The molecular weight excluding hydrogens is 380 g/mol. The molecule has 20 heavy (non-hydrogen) atoms. The molecule has 0 bridgehead atoms. The predicted molar refractivity (Wildman–Crippen MR) is 78.9 cm³/mol. The molecule has 1 aromatic carbocycles. The molecule has 110 valence electrons. The Morgan fingerprint density at radius 3 is 2.60 bits per heavy atom. The Hall–Kier alpha value is -1.22. The Balaban J connectivity index is 2.93. The van der Waals surface area contributed by atoms with Gasteiger partial charge in [0.1, 0.15) is 12.4 Å². The number of rotatable bonds is 6. The number of benzene rings is 1. The number of hydrogen-bond donors (Lipinski definition) is 0. The van der Waals surface area contributed by atoms with Gasteiger partial charge in [-0.1, -0.05) is 0 Å². The highest BCUT2D eigenvalue weighted by molar-refractivity contribution is 14.1. The molecule has 0 aliphatic rings. The van der Waals surface area contributed by atoms with Crippen LogP contribution in [0.5, 0.6) is 0 Å². The minimum atomic E-state index is -0.522. The molecule has 1 aromatic rings. The number of hydrogen-bond acceptors (Lipinski definition) is 4. The molecule has 1 rings (SSSR count). The fourth-order valence-corrected chi connectivity index (χ4v) is 2.22.